The highest BCUT2D eigenvalue weighted by atomic mass is 16.5. The highest BCUT2D eigenvalue weighted by molar-refractivity contribution is 5.70. The zero-order valence-electron chi connectivity index (χ0n) is 17.3. The first-order valence-corrected chi connectivity index (χ1v) is 9.45. The summed E-state index contributed by atoms with van der Waals surface area (Å²) in [6, 6.07) is 16.6. The third kappa shape index (κ3) is 5.46. The number of allylic oxidation sites excluding steroid dienone is 1. The van der Waals surface area contributed by atoms with E-state index in [0.717, 1.165) is 17.0 Å². The van der Waals surface area contributed by atoms with Crippen molar-refractivity contribution in [2.45, 2.75) is 20.1 Å². The Morgan fingerprint density at radius 1 is 1.16 bits per heavy atom. The number of pyridine rings is 1. The molecule has 0 atom stereocenters. The third-order valence-electron chi connectivity index (χ3n) is 4.43. The van der Waals surface area contributed by atoms with Crippen LogP contribution in [0.5, 0.6) is 0 Å². The van der Waals surface area contributed by atoms with Gasteiger partial charge in [-0.25, -0.2) is 15.5 Å². The van der Waals surface area contributed by atoms with Crippen LogP contribution in [0.1, 0.15) is 29.6 Å². The molecule has 2 aromatic heterocycles. The molecule has 0 aliphatic rings. The van der Waals surface area contributed by atoms with E-state index in [2.05, 4.69) is 31.5 Å². The number of nitrogens with two attached hydrogens (primary N) is 1. The number of aromatic nitrogens is 3. The van der Waals surface area contributed by atoms with Gasteiger partial charge in [0.25, 0.3) is 0 Å². The molecular weight excluding hydrogens is 392 g/mol. The van der Waals surface area contributed by atoms with Gasteiger partial charge in [0.15, 0.2) is 0 Å². The standard InChI is InChI=1S/C22H22N8O/c1-14(26-12-17-7-4-8-18(27-17)13-31-2)21(30-25)20-10-19(28-22(24)29-20)16-6-3-5-15(9-16)11-23/h3-10,25-26H,12-13H2,1-2H3,(H2,24,28,29)/b21-14-,30-25?. The first-order valence-electron chi connectivity index (χ1n) is 9.45. The van der Waals surface area contributed by atoms with Crippen molar-refractivity contribution < 1.29 is 4.74 Å². The number of nitrogen functional groups attached to an aromatic ring is 1. The molecule has 0 bridgehead atoms. The van der Waals surface area contributed by atoms with Crippen molar-refractivity contribution in [1.82, 2.24) is 20.3 Å². The summed E-state index contributed by atoms with van der Waals surface area (Å²) in [7, 11) is 1.62. The van der Waals surface area contributed by atoms with Gasteiger partial charge in [0.05, 0.1) is 47.6 Å². The fourth-order valence-electron chi connectivity index (χ4n) is 2.98. The van der Waals surface area contributed by atoms with Crippen LogP contribution in [-0.2, 0) is 17.9 Å². The van der Waals surface area contributed by atoms with Crippen molar-refractivity contribution in [3.05, 3.63) is 76.9 Å². The van der Waals surface area contributed by atoms with Gasteiger partial charge >= 0.3 is 0 Å². The molecule has 0 fully saturated rings. The molecule has 3 rings (SSSR count). The predicted molar refractivity (Wildman–Crippen MR) is 116 cm³/mol. The monoisotopic (exact) mass is 414 g/mol. The molecule has 2 heterocycles. The van der Waals surface area contributed by atoms with Crippen LogP contribution < -0.4 is 11.1 Å². The average Bonchev–Trinajstić information content (AvgIpc) is 2.78. The lowest BCUT2D eigenvalue weighted by atomic mass is 10.1. The van der Waals surface area contributed by atoms with Crippen LogP contribution in [-0.4, -0.2) is 22.1 Å². The third-order valence-corrected chi connectivity index (χ3v) is 4.43. The number of hydrogen-bond acceptors (Lipinski definition) is 9. The Bertz CT molecular complexity index is 1170. The zero-order chi connectivity index (χ0) is 22.2. The molecule has 31 heavy (non-hydrogen) atoms. The van der Waals surface area contributed by atoms with E-state index in [0.29, 0.717) is 41.5 Å². The summed E-state index contributed by atoms with van der Waals surface area (Å²) in [5.41, 5.74) is 18.4. The first kappa shape index (κ1) is 21.5. The minimum Gasteiger partial charge on any atom is -0.381 e. The molecule has 0 spiro atoms. The normalized spacial score (nSPS) is 11.4. The Hall–Kier alpha value is -4.16. The van der Waals surface area contributed by atoms with E-state index in [1.165, 1.54) is 0 Å². The Kier molecular flexibility index (Phi) is 6.98. The van der Waals surface area contributed by atoms with Crippen molar-refractivity contribution in [2.75, 3.05) is 12.8 Å². The van der Waals surface area contributed by atoms with E-state index in [4.69, 9.17) is 21.3 Å². The number of methoxy groups -OCH3 is 1. The molecule has 3 aromatic rings. The van der Waals surface area contributed by atoms with Gasteiger partial charge in [-0.2, -0.15) is 10.4 Å². The maximum absolute atomic E-state index is 9.14. The molecule has 4 N–H and O–H groups in total. The lowest BCUT2D eigenvalue weighted by molar-refractivity contribution is 0.181. The van der Waals surface area contributed by atoms with E-state index in [-0.39, 0.29) is 5.95 Å². The molecule has 0 aliphatic carbocycles. The number of rotatable bonds is 8. The summed E-state index contributed by atoms with van der Waals surface area (Å²) in [4.78, 5) is 13.0. The van der Waals surface area contributed by atoms with E-state index < -0.39 is 0 Å². The topological polar surface area (TPSA) is 146 Å². The summed E-state index contributed by atoms with van der Waals surface area (Å²) in [5, 5.41) is 16.0. The Morgan fingerprint density at radius 3 is 2.68 bits per heavy atom. The number of benzene rings is 1. The molecule has 0 saturated heterocycles. The van der Waals surface area contributed by atoms with Crippen molar-refractivity contribution in [1.29, 1.82) is 10.8 Å². The van der Waals surface area contributed by atoms with Crippen LogP contribution in [0, 0.1) is 16.9 Å². The molecule has 0 unspecified atom stereocenters. The maximum atomic E-state index is 9.14. The first-order chi connectivity index (χ1) is 15.0. The number of ether oxygens (including phenoxy) is 1. The Morgan fingerprint density at radius 2 is 1.94 bits per heavy atom. The van der Waals surface area contributed by atoms with Crippen LogP contribution in [0.4, 0.5) is 5.95 Å². The minimum atomic E-state index is 0.0535. The smallest absolute Gasteiger partial charge is 0.221 e. The quantitative estimate of drug-likeness (QED) is 0.477. The molecular formula is C22H22N8O. The number of hydrogen-bond donors (Lipinski definition) is 3. The molecule has 0 aliphatic heterocycles. The van der Waals surface area contributed by atoms with E-state index in [1.807, 2.05) is 24.3 Å². The number of nitrogens with one attached hydrogen (secondary N) is 2. The molecule has 9 nitrogen and oxygen atoms in total. The summed E-state index contributed by atoms with van der Waals surface area (Å²) in [6.07, 6.45) is 0. The molecule has 9 heteroatoms. The van der Waals surface area contributed by atoms with E-state index in [9.17, 15) is 0 Å². The fourth-order valence-corrected chi connectivity index (χ4v) is 2.98. The number of nitrogens with zero attached hydrogens (tertiary/aromatic N) is 5. The van der Waals surface area contributed by atoms with Gasteiger partial charge < -0.3 is 15.8 Å². The van der Waals surface area contributed by atoms with Crippen LogP contribution >= 0.6 is 0 Å². The van der Waals surface area contributed by atoms with Crippen molar-refractivity contribution in [3.8, 4) is 17.3 Å². The van der Waals surface area contributed by atoms with Crippen LogP contribution in [0.25, 0.3) is 17.0 Å². The maximum Gasteiger partial charge on any atom is 0.221 e. The van der Waals surface area contributed by atoms with Crippen LogP contribution in [0.15, 0.2) is 59.3 Å². The van der Waals surface area contributed by atoms with E-state index in [1.54, 1.807) is 38.3 Å². The second kappa shape index (κ2) is 10.0. The number of nitriles is 1. The lowest BCUT2D eigenvalue weighted by Crippen LogP contribution is -2.14. The largest absolute Gasteiger partial charge is 0.381 e. The highest BCUT2D eigenvalue weighted by Gasteiger charge is 2.12. The minimum absolute atomic E-state index is 0.0535. The molecule has 156 valence electrons. The SMILES string of the molecule is COCc1cccc(CN/C(C)=C(\N=N)c2cc(-c3cccc(C#N)c3)nc(N)n2)n1. The zero-order valence-corrected chi connectivity index (χ0v) is 17.3. The van der Waals surface area contributed by atoms with Gasteiger partial charge in [0, 0.05) is 18.4 Å². The van der Waals surface area contributed by atoms with Crippen LogP contribution in [0.3, 0.4) is 0 Å². The summed E-state index contributed by atoms with van der Waals surface area (Å²) >= 11 is 0. The van der Waals surface area contributed by atoms with Gasteiger partial charge in [-0.05, 0) is 37.3 Å². The average molecular weight is 414 g/mol. The van der Waals surface area contributed by atoms with Gasteiger partial charge in [0.2, 0.25) is 5.95 Å². The molecule has 1 aromatic carbocycles. The summed E-state index contributed by atoms with van der Waals surface area (Å²) < 4.78 is 5.12. The summed E-state index contributed by atoms with van der Waals surface area (Å²) in [5.74, 6) is 0.0535. The van der Waals surface area contributed by atoms with Crippen molar-refractivity contribution >= 4 is 11.6 Å². The molecule has 0 saturated carbocycles. The van der Waals surface area contributed by atoms with Gasteiger partial charge in [-0.15, -0.1) is 0 Å². The lowest BCUT2D eigenvalue weighted by Gasteiger charge is -2.11. The predicted octanol–water partition coefficient (Wildman–Crippen LogP) is 3.65. The second-order valence-electron chi connectivity index (χ2n) is 6.68. The van der Waals surface area contributed by atoms with Crippen LogP contribution in [0.2, 0.25) is 0 Å². The van der Waals surface area contributed by atoms with Gasteiger partial charge in [0.1, 0.15) is 5.70 Å². The highest BCUT2D eigenvalue weighted by Crippen LogP contribution is 2.25. The fraction of sp³-hybridized carbons (Fsp3) is 0.182. The number of anilines is 1. The molecule has 0 amide bonds. The second-order valence-corrected chi connectivity index (χ2v) is 6.68. The van der Waals surface area contributed by atoms with Gasteiger partial charge in [-0.1, -0.05) is 18.2 Å². The molecule has 0 radical (unpaired) electrons. The van der Waals surface area contributed by atoms with Crippen molar-refractivity contribution in [3.63, 3.8) is 0 Å². The summed E-state index contributed by atoms with van der Waals surface area (Å²) in [6.45, 7) is 2.69. The Labute approximate surface area is 180 Å². The Balaban J connectivity index is 1.89. The van der Waals surface area contributed by atoms with E-state index >= 15 is 0 Å². The van der Waals surface area contributed by atoms with Crippen molar-refractivity contribution in [2.24, 2.45) is 5.11 Å². The van der Waals surface area contributed by atoms with Gasteiger partial charge in [-0.3, -0.25) is 4.98 Å².